The van der Waals surface area contributed by atoms with Gasteiger partial charge in [-0.05, 0) is 71.7 Å². The van der Waals surface area contributed by atoms with Gasteiger partial charge in [-0.1, -0.05) is 67.6 Å². The van der Waals surface area contributed by atoms with Gasteiger partial charge in [-0.3, -0.25) is 0 Å². The molecule has 0 radical (unpaired) electrons. The molecule has 3 aromatic carbocycles. The Hall–Kier alpha value is -2.34. The van der Waals surface area contributed by atoms with Crippen LogP contribution in [0.25, 0.3) is 22.3 Å². The van der Waals surface area contributed by atoms with Gasteiger partial charge in [0.2, 0.25) is 0 Å². The van der Waals surface area contributed by atoms with Crippen molar-refractivity contribution < 1.29 is 0 Å². The summed E-state index contributed by atoms with van der Waals surface area (Å²) in [5.74, 6) is 0. The highest BCUT2D eigenvalue weighted by Gasteiger charge is 2.05. The van der Waals surface area contributed by atoms with Gasteiger partial charge in [0, 0.05) is 0 Å². The van der Waals surface area contributed by atoms with Crippen LogP contribution in [0.15, 0.2) is 60.7 Å². The van der Waals surface area contributed by atoms with Gasteiger partial charge in [-0.25, -0.2) is 0 Å². The predicted molar refractivity (Wildman–Crippen MR) is 101 cm³/mol. The average molecular weight is 300 g/mol. The minimum Gasteiger partial charge on any atom is -0.0613 e. The van der Waals surface area contributed by atoms with E-state index in [0.717, 1.165) is 6.42 Å². The maximum atomic E-state index is 2.30. The van der Waals surface area contributed by atoms with Crippen molar-refractivity contribution >= 4 is 0 Å². The van der Waals surface area contributed by atoms with Gasteiger partial charge in [0.25, 0.3) is 0 Å². The SMILES string of the molecule is CCc1ccc(-c2ccc(-c3ccc(C)c(C)c3)cc2C)cc1. The first-order valence-electron chi connectivity index (χ1n) is 8.36. The van der Waals surface area contributed by atoms with Crippen LogP contribution in [-0.4, -0.2) is 0 Å². The Labute approximate surface area is 139 Å². The summed E-state index contributed by atoms with van der Waals surface area (Å²) in [5, 5.41) is 0. The molecule has 0 atom stereocenters. The smallest absolute Gasteiger partial charge is 0.0154 e. The van der Waals surface area contributed by atoms with Crippen LogP contribution < -0.4 is 0 Å². The van der Waals surface area contributed by atoms with Crippen molar-refractivity contribution in [3.8, 4) is 22.3 Å². The van der Waals surface area contributed by atoms with Crippen LogP contribution in [0.5, 0.6) is 0 Å². The standard InChI is InChI=1S/C23H24/c1-5-19-7-10-20(11-8-19)23-13-12-22(15-18(23)4)21-9-6-16(2)17(3)14-21/h6-15H,5H2,1-4H3. The lowest BCUT2D eigenvalue weighted by molar-refractivity contribution is 1.14. The topological polar surface area (TPSA) is 0 Å². The molecule has 23 heavy (non-hydrogen) atoms. The van der Waals surface area contributed by atoms with Crippen LogP contribution in [0, 0.1) is 20.8 Å². The van der Waals surface area contributed by atoms with Gasteiger partial charge in [0.05, 0.1) is 0 Å². The Kier molecular flexibility index (Phi) is 4.34. The summed E-state index contributed by atoms with van der Waals surface area (Å²) < 4.78 is 0. The molecule has 0 aliphatic heterocycles. The molecule has 0 bridgehead atoms. The number of benzene rings is 3. The van der Waals surface area contributed by atoms with Crippen LogP contribution in [0.1, 0.15) is 29.2 Å². The molecule has 0 fully saturated rings. The molecule has 116 valence electrons. The normalized spacial score (nSPS) is 10.8. The Morgan fingerprint density at radius 3 is 1.70 bits per heavy atom. The Morgan fingerprint density at radius 2 is 1.13 bits per heavy atom. The van der Waals surface area contributed by atoms with E-state index in [4.69, 9.17) is 0 Å². The molecule has 0 saturated heterocycles. The first kappa shape index (κ1) is 15.6. The summed E-state index contributed by atoms with van der Waals surface area (Å²) in [7, 11) is 0. The van der Waals surface area contributed by atoms with Gasteiger partial charge in [0.15, 0.2) is 0 Å². The molecule has 0 amide bonds. The average Bonchev–Trinajstić information content (AvgIpc) is 2.57. The van der Waals surface area contributed by atoms with E-state index in [9.17, 15) is 0 Å². The van der Waals surface area contributed by atoms with Crippen LogP contribution in [0.2, 0.25) is 0 Å². The monoisotopic (exact) mass is 300 g/mol. The molecule has 0 spiro atoms. The van der Waals surface area contributed by atoms with Gasteiger partial charge >= 0.3 is 0 Å². The summed E-state index contributed by atoms with van der Waals surface area (Å²) in [5.41, 5.74) is 10.6. The molecule has 0 heterocycles. The van der Waals surface area contributed by atoms with Crippen molar-refractivity contribution in [2.75, 3.05) is 0 Å². The molecule has 0 aliphatic rings. The van der Waals surface area contributed by atoms with Gasteiger partial charge in [-0.2, -0.15) is 0 Å². The van der Waals surface area contributed by atoms with Crippen LogP contribution >= 0.6 is 0 Å². The largest absolute Gasteiger partial charge is 0.0613 e. The third-order valence-corrected chi connectivity index (χ3v) is 4.74. The molecule has 0 heteroatoms. The minimum absolute atomic E-state index is 1.09. The fraction of sp³-hybridized carbons (Fsp3) is 0.217. The summed E-state index contributed by atoms with van der Waals surface area (Å²) in [6.45, 7) is 8.73. The molecular weight excluding hydrogens is 276 g/mol. The zero-order valence-electron chi connectivity index (χ0n) is 14.5. The zero-order chi connectivity index (χ0) is 16.4. The molecule has 0 saturated carbocycles. The Balaban J connectivity index is 1.98. The summed E-state index contributed by atoms with van der Waals surface area (Å²) in [6, 6.07) is 22.4. The van der Waals surface area contributed by atoms with Crippen LogP contribution in [-0.2, 0) is 6.42 Å². The molecule has 0 N–H and O–H groups in total. The van der Waals surface area contributed by atoms with E-state index in [1.165, 1.54) is 44.5 Å². The van der Waals surface area contributed by atoms with Crippen molar-refractivity contribution in [1.29, 1.82) is 0 Å². The zero-order valence-corrected chi connectivity index (χ0v) is 14.5. The van der Waals surface area contributed by atoms with Crippen molar-refractivity contribution in [3.63, 3.8) is 0 Å². The van der Waals surface area contributed by atoms with Gasteiger partial charge in [-0.15, -0.1) is 0 Å². The van der Waals surface area contributed by atoms with E-state index in [-0.39, 0.29) is 0 Å². The number of aryl methyl sites for hydroxylation is 4. The molecular formula is C23H24. The van der Waals surface area contributed by atoms with E-state index in [0.29, 0.717) is 0 Å². The lowest BCUT2D eigenvalue weighted by atomic mass is 9.94. The maximum Gasteiger partial charge on any atom is -0.0154 e. The van der Waals surface area contributed by atoms with Crippen molar-refractivity contribution in [2.45, 2.75) is 34.1 Å². The van der Waals surface area contributed by atoms with Gasteiger partial charge in [0.1, 0.15) is 0 Å². The highest BCUT2D eigenvalue weighted by Crippen LogP contribution is 2.29. The van der Waals surface area contributed by atoms with E-state index >= 15 is 0 Å². The fourth-order valence-electron chi connectivity index (χ4n) is 3.01. The first-order valence-corrected chi connectivity index (χ1v) is 8.36. The van der Waals surface area contributed by atoms with E-state index in [1.54, 1.807) is 0 Å². The third-order valence-electron chi connectivity index (χ3n) is 4.74. The summed E-state index contributed by atoms with van der Waals surface area (Å²) in [6.07, 6.45) is 1.09. The van der Waals surface area contributed by atoms with Crippen molar-refractivity contribution in [2.24, 2.45) is 0 Å². The highest BCUT2D eigenvalue weighted by molar-refractivity contribution is 5.74. The van der Waals surface area contributed by atoms with Gasteiger partial charge < -0.3 is 0 Å². The Bertz CT molecular complexity index is 823. The molecule has 0 nitrogen and oxygen atoms in total. The Morgan fingerprint density at radius 1 is 0.565 bits per heavy atom. The quantitative estimate of drug-likeness (QED) is 0.517. The van der Waals surface area contributed by atoms with Crippen molar-refractivity contribution in [1.82, 2.24) is 0 Å². The third kappa shape index (κ3) is 3.22. The first-order chi connectivity index (χ1) is 11.1. The number of hydrogen-bond acceptors (Lipinski definition) is 0. The highest BCUT2D eigenvalue weighted by atomic mass is 14.1. The van der Waals surface area contributed by atoms with E-state index < -0.39 is 0 Å². The lowest BCUT2D eigenvalue weighted by Crippen LogP contribution is -1.88. The molecule has 3 rings (SSSR count). The predicted octanol–water partition coefficient (Wildman–Crippen LogP) is 6.51. The number of rotatable bonds is 3. The second-order valence-electron chi connectivity index (χ2n) is 6.38. The maximum absolute atomic E-state index is 2.30. The van der Waals surface area contributed by atoms with Crippen LogP contribution in [0.3, 0.4) is 0 Å². The minimum atomic E-state index is 1.09. The molecule has 0 unspecified atom stereocenters. The summed E-state index contributed by atoms with van der Waals surface area (Å²) >= 11 is 0. The summed E-state index contributed by atoms with van der Waals surface area (Å²) in [4.78, 5) is 0. The van der Waals surface area contributed by atoms with E-state index in [2.05, 4.69) is 88.4 Å². The number of hydrogen-bond donors (Lipinski definition) is 0. The van der Waals surface area contributed by atoms with E-state index in [1.807, 2.05) is 0 Å². The molecule has 3 aromatic rings. The fourth-order valence-corrected chi connectivity index (χ4v) is 3.01. The van der Waals surface area contributed by atoms with Crippen molar-refractivity contribution in [3.05, 3.63) is 82.9 Å². The second-order valence-corrected chi connectivity index (χ2v) is 6.38. The molecule has 0 aromatic heterocycles. The second kappa shape index (κ2) is 6.42. The lowest BCUT2D eigenvalue weighted by Gasteiger charge is -2.11. The van der Waals surface area contributed by atoms with Crippen LogP contribution in [0.4, 0.5) is 0 Å². The molecule has 0 aliphatic carbocycles.